The lowest BCUT2D eigenvalue weighted by molar-refractivity contribution is 0.408. The number of hydrogen-bond acceptors (Lipinski definition) is 4. The zero-order valence-corrected chi connectivity index (χ0v) is 18.2. The van der Waals surface area contributed by atoms with Crippen LogP contribution in [0.3, 0.4) is 0 Å². The smallest absolute Gasteiger partial charge is 0.163 e. The van der Waals surface area contributed by atoms with Crippen molar-refractivity contribution in [1.29, 1.82) is 0 Å². The van der Waals surface area contributed by atoms with Gasteiger partial charge in [-0.05, 0) is 48.9 Å². The predicted molar refractivity (Wildman–Crippen MR) is 123 cm³/mol. The van der Waals surface area contributed by atoms with Crippen LogP contribution in [-0.4, -0.2) is 34.7 Å². The first-order chi connectivity index (χ1) is 15.6. The Balaban J connectivity index is 1.76. The molecule has 5 rings (SSSR count). The number of hydrogen-bond donors (Lipinski definition) is 0. The molecule has 32 heavy (non-hydrogen) atoms. The van der Waals surface area contributed by atoms with E-state index < -0.39 is 0 Å². The molecule has 0 saturated carbocycles. The van der Waals surface area contributed by atoms with Gasteiger partial charge in [0.15, 0.2) is 5.82 Å². The van der Waals surface area contributed by atoms with Crippen LogP contribution in [0.1, 0.15) is 28.4 Å². The molecule has 5 nitrogen and oxygen atoms in total. The van der Waals surface area contributed by atoms with E-state index in [1.807, 2.05) is 84.2 Å². The Morgan fingerprint density at radius 3 is 2.28 bits per heavy atom. The van der Waals surface area contributed by atoms with Gasteiger partial charge >= 0.3 is 0 Å². The summed E-state index contributed by atoms with van der Waals surface area (Å²) in [5.74, 6) is 1.75. The molecule has 0 N–H and O–H groups in total. The third-order valence-electron chi connectivity index (χ3n) is 5.84. The molecular weight excluding hydrogens is 403 g/mol. The van der Waals surface area contributed by atoms with E-state index in [0.717, 1.165) is 28.3 Å². The number of aliphatic imine (C=N–C) groups is 1. The van der Waals surface area contributed by atoms with Crippen molar-refractivity contribution in [2.45, 2.75) is 13.0 Å². The maximum atomic E-state index is 14.8. The Bertz CT molecular complexity index is 1300. The molecule has 0 unspecified atom stereocenters. The second-order valence-corrected chi connectivity index (χ2v) is 7.77. The van der Waals surface area contributed by atoms with Crippen LogP contribution in [0.25, 0.3) is 5.69 Å². The van der Waals surface area contributed by atoms with Gasteiger partial charge in [0.25, 0.3) is 0 Å². The molecule has 1 aliphatic heterocycles. The standard InChI is InChI=1S/C26H23FN4O/c1-17-23-24(18-13-15-20(32-3)16-14-18)30(2)25(21-11-7-8-12-22(21)27)28-26(23)31(29-17)19-9-5-4-6-10-19/h4-16,24H,1-3H3/t24-/m0/s1. The number of nitrogens with zero attached hydrogens (tertiary/aromatic N) is 4. The van der Waals surface area contributed by atoms with Crippen LogP contribution < -0.4 is 4.74 Å². The zero-order chi connectivity index (χ0) is 22.2. The SMILES string of the molecule is COc1ccc([C@H]2c3c(C)nn(-c4ccccc4)c3N=C(c3ccccc3F)N2C)cc1. The van der Waals surface area contributed by atoms with Gasteiger partial charge in [-0.3, -0.25) is 0 Å². The van der Waals surface area contributed by atoms with Crippen molar-refractivity contribution >= 4 is 11.7 Å². The van der Waals surface area contributed by atoms with Crippen molar-refractivity contribution in [3.05, 3.63) is 107 Å². The number of ether oxygens (including phenoxy) is 1. The second kappa shape index (κ2) is 7.96. The van der Waals surface area contributed by atoms with Gasteiger partial charge in [-0.15, -0.1) is 0 Å². The average molecular weight is 426 g/mol. The lowest BCUT2D eigenvalue weighted by atomic mass is 9.94. The highest BCUT2D eigenvalue weighted by Crippen LogP contribution is 2.42. The third kappa shape index (κ3) is 3.24. The minimum Gasteiger partial charge on any atom is -0.497 e. The van der Waals surface area contributed by atoms with Gasteiger partial charge in [-0.25, -0.2) is 14.1 Å². The molecule has 1 atom stereocenters. The van der Waals surface area contributed by atoms with Gasteiger partial charge in [0.2, 0.25) is 0 Å². The van der Waals surface area contributed by atoms with Crippen molar-refractivity contribution in [1.82, 2.24) is 14.7 Å². The Labute approximate surface area is 186 Å². The molecule has 0 radical (unpaired) electrons. The molecule has 6 heteroatoms. The number of fused-ring (bicyclic) bond motifs is 1. The first-order valence-electron chi connectivity index (χ1n) is 10.4. The minimum atomic E-state index is -0.308. The fraction of sp³-hybridized carbons (Fsp3) is 0.154. The average Bonchev–Trinajstić information content (AvgIpc) is 3.16. The highest BCUT2D eigenvalue weighted by atomic mass is 19.1. The molecule has 0 amide bonds. The van der Waals surface area contributed by atoms with Gasteiger partial charge in [0.05, 0.1) is 30.1 Å². The van der Waals surface area contributed by atoms with Crippen LogP contribution in [0.5, 0.6) is 5.75 Å². The predicted octanol–water partition coefficient (Wildman–Crippen LogP) is 5.44. The van der Waals surface area contributed by atoms with Crippen LogP contribution in [0.4, 0.5) is 10.2 Å². The van der Waals surface area contributed by atoms with E-state index in [4.69, 9.17) is 14.8 Å². The summed E-state index contributed by atoms with van der Waals surface area (Å²) in [7, 11) is 3.60. The summed E-state index contributed by atoms with van der Waals surface area (Å²) in [6.45, 7) is 1.99. The monoisotopic (exact) mass is 426 g/mol. The van der Waals surface area contributed by atoms with E-state index in [1.54, 1.807) is 19.2 Å². The first-order valence-corrected chi connectivity index (χ1v) is 10.4. The molecule has 1 aliphatic rings. The Hall–Kier alpha value is -3.93. The van der Waals surface area contributed by atoms with E-state index in [0.29, 0.717) is 17.2 Å². The molecule has 160 valence electrons. The van der Waals surface area contributed by atoms with E-state index >= 15 is 0 Å². The van der Waals surface area contributed by atoms with Gasteiger partial charge < -0.3 is 9.64 Å². The molecule has 3 aromatic carbocycles. The fourth-order valence-electron chi connectivity index (χ4n) is 4.27. The van der Waals surface area contributed by atoms with Crippen LogP contribution >= 0.6 is 0 Å². The lowest BCUT2D eigenvalue weighted by Gasteiger charge is -2.35. The van der Waals surface area contributed by atoms with Gasteiger partial charge in [-0.2, -0.15) is 5.10 Å². The molecule has 0 aliphatic carbocycles. The first kappa shape index (κ1) is 20.0. The number of aryl methyl sites for hydroxylation is 1. The van der Waals surface area contributed by atoms with Crippen molar-refractivity contribution < 1.29 is 9.13 Å². The van der Waals surface area contributed by atoms with Crippen molar-refractivity contribution in [2.24, 2.45) is 4.99 Å². The third-order valence-corrected chi connectivity index (χ3v) is 5.84. The normalized spacial score (nSPS) is 15.3. The Morgan fingerprint density at radius 1 is 0.906 bits per heavy atom. The largest absolute Gasteiger partial charge is 0.497 e. The summed E-state index contributed by atoms with van der Waals surface area (Å²) >= 11 is 0. The maximum Gasteiger partial charge on any atom is 0.163 e. The van der Waals surface area contributed by atoms with E-state index in [1.165, 1.54) is 6.07 Å². The van der Waals surface area contributed by atoms with Crippen LogP contribution in [0, 0.1) is 12.7 Å². The van der Waals surface area contributed by atoms with Gasteiger partial charge in [-0.1, -0.05) is 42.5 Å². The molecule has 1 aromatic heterocycles. The number of rotatable bonds is 4. The number of aromatic nitrogens is 2. The number of para-hydroxylation sites is 1. The molecule has 0 saturated heterocycles. The summed E-state index contributed by atoms with van der Waals surface area (Å²) in [5.41, 5.74) is 4.30. The van der Waals surface area contributed by atoms with Crippen LogP contribution in [0.2, 0.25) is 0 Å². The summed E-state index contributed by atoms with van der Waals surface area (Å²) in [5, 5.41) is 4.82. The molecule has 0 bridgehead atoms. The number of methoxy groups -OCH3 is 1. The molecule has 2 heterocycles. The summed E-state index contributed by atoms with van der Waals surface area (Å²) < 4.78 is 22.0. The maximum absolute atomic E-state index is 14.8. The molecule has 0 fully saturated rings. The van der Waals surface area contributed by atoms with E-state index in [2.05, 4.69) is 0 Å². The highest BCUT2D eigenvalue weighted by molar-refractivity contribution is 6.02. The second-order valence-electron chi connectivity index (χ2n) is 7.77. The topological polar surface area (TPSA) is 42.6 Å². The zero-order valence-electron chi connectivity index (χ0n) is 18.2. The van der Waals surface area contributed by atoms with Gasteiger partial charge in [0.1, 0.15) is 17.4 Å². The Kier molecular flexibility index (Phi) is 4.98. The molecular formula is C26H23FN4O. The summed E-state index contributed by atoms with van der Waals surface area (Å²) in [6.07, 6.45) is 0. The van der Waals surface area contributed by atoms with Gasteiger partial charge in [0, 0.05) is 12.6 Å². The number of benzene rings is 3. The minimum absolute atomic E-state index is 0.180. The molecule has 0 spiro atoms. The van der Waals surface area contributed by atoms with Crippen molar-refractivity contribution in [3.63, 3.8) is 0 Å². The van der Waals surface area contributed by atoms with Crippen LogP contribution in [-0.2, 0) is 0 Å². The number of halogens is 1. The lowest BCUT2D eigenvalue weighted by Crippen LogP contribution is -2.35. The van der Waals surface area contributed by atoms with Crippen molar-refractivity contribution in [3.8, 4) is 11.4 Å². The Morgan fingerprint density at radius 2 is 1.59 bits per heavy atom. The van der Waals surface area contributed by atoms with E-state index in [-0.39, 0.29) is 11.9 Å². The van der Waals surface area contributed by atoms with Crippen LogP contribution in [0.15, 0.2) is 83.9 Å². The van der Waals surface area contributed by atoms with E-state index in [9.17, 15) is 4.39 Å². The highest BCUT2D eigenvalue weighted by Gasteiger charge is 2.35. The summed E-state index contributed by atoms with van der Waals surface area (Å²) in [4.78, 5) is 6.96. The number of amidine groups is 1. The quantitative estimate of drug-likeness (QED) is 0.436. The summed E-state index contributed by atoms with van der Waals surface area (Å²) in [6, 6.07) is 24.4. The fourth-order valence-corrected chi connectivity index (χ4v) is 4.27. The molecule has 4 aromatic rings. The van der Waals surface area contributed by atoms with Crippen molar-refractivity contribution in [2.75, 3.05) is 14.2 Å².